The molecule has 0 aromatic carbocycles. The molecule has 36 heavy (non-hydrogen) atoms. The van der Waals surface area contributed by atoms with Crippen molar-refractivity contribution in [3.8, 4) is 0 Å². The van der Waals surface area contributed by atoms with Crippen LogP contribution in [0.5, 0.6) is 0 Å². The van der Waals surface area contributed by atoms with Gasteiger partial charge in [0.15, 0.2) is 6.10 Å². The zero-order chi connectivity index (χ0) is 26.4. The molecule has 1 aromatic heterocycles. The highest BCUT2D eigenvalue weighted by molar-refractivity contribution is 6.11. The van der Waals surface area contributed by atoms with E-state index in [1.165, 1.54) is 12.5 Å². The summed E-state index contributed by atoms with van der Waals surface area (Å²) in [5.41, 5.74) is -4.16. The molecule has 3 saturated carbocycles. The summed E-state index contributed by atoms with van der Waals surface area (Å²) >= 11 is 0. The van der Waals surface area contributed by atoms with Gasteiger partial charge in [0.1, 0.15) is 17.7 Å². The van der Waals surface area contributed by atoms with Gasteiger partial charge < -0.3 is 24.1 Å². The van der Waals surface area contributed by atoms with E-state index in [0.717, 1.165) is 7.11 Å². The zero-order valence-corrected chi connectivity index (χ0v) is 21.3. The van der Waals surface area contributed by atoms with Crippen LogP contribution in [0.4, 0.5) is 0 Å². The van der Waals surface area contributed by atoms with Crippen LogP contribution in [0.3, 0.4) is 0 Å². The van der Waals surface area contributed by atoms with Gasteiger partial charge in [-0.1, -0.05) is 27.7 Å². The number of ether oxygens (including phenoxy) is 2. The summed E-state index contributed by atoms with van der Waals surface area (Å²) in [7, 11) is 1.14. The number of furan rings is 1. The molecule has 196 valence electrons. The lowest BCUT2D eigenvalue weighted by Gasteiger charge is -2.68. The molecule has 0 unspecified atom stereocenters. The van der Waals surface area contributed by atoms with Gasteiger partial charge in [0.25, 0.3) is 0 Å². The third-order valence-electron chi connectivity index (χ3n) is 10.3. The smallest absolute Gasteiger partial charge is 0.335 e. The second-order valence-corrected chi connectivity index (χ2v) is 12.2. The number of carbonyl (C=O) groups excluding carboxylic acids is 4. The average molecular weight is 503 g/mol. The largest absolute Gasteiger partial charge is 0.472 e. The van der Waals surface area contributed by atoms with E-state index in [1.807, 2.05) is 6.92 Å². The molecule has 9 atom stereocenters. The van der Waals surface area contributed by atoms with E-state index in [2.05, 4.69) is 0 Å². The normalized spacial score (nSPS) is 44.2. The van der Waals surface area contributed by atoms with Crippen molar-refractivity contribution in [2.75, 3.05) is 7.11 Å². The van der Waals surface area contributed by atoms with Crippen molar-refractivity contribution in [2.45, 2.75) is 71.2 Å². The number of hydrogen-bond donors (Lipinski definition) is 2. The van der Waals surface area contributed by atoms with Crippen LogP contribution in [0.25, 0.3) is 0 Å². The van der Waals surface area contributed by atoms with Crippen LogP contribution in [0.15, 0.2) is 23.0 Å². The Kier molecular flexibility index (Phi) is 5.41. The Labute approximate surface area is 209 Å². The Balaban J connectivity index is 1.66. The fourth-order valence-corrected chi connectivity index (χ4v) is 8.75. The van der Waals surface area contributed by atoms with Crippen molar-refractivity contribution in [1.82, 2.24) is 0 Å². The molecule has 2 N–H and O–H groups in total. The second kappa shape index (κ2) is 7.74. The van der Waals surface area contributed by atoms with Gasteiger partial charge in [-0.05, 0) is 25.3 Å². The Bertz CT molecular complexity index is 1120. The minimum atomic E-state index is -1.73. The van der Waals surface area contributed by atoms with Gasteiger partial charge in [0, 0.05) is 39.6 Å². The van der Waals surface area contributed by atoms with E-state index in [4.69, 9.17) is 13.9 Å². The second-order valence-electron chi connectivity index (χ2n) is 12.2. The lowest BCUT2D eigenvalue weighted by molar-refractivity contribution is -0.266. The van der Waals surface area contributed by atoms with Crippen molar-refractivity contribution >= 4 is 23.5 Å². The van der Waals surface area contributed by atoms with E-state index >= 15 is 0 Å². The topological polar surface area (TPSA) is 140 Å². The van der Waals surface area contributed by atoms with E-state index in [9.17, 15) is 29.4 Å². The van der Waals surface area contributed by atoms with Gasteiger partial charge in [-0.15, -0.1) is 0 Å². The Morgan fingerprint density at radius 1 is 1.14 bits per heavy atom. The van der Waals surface area contributed by atoms with E-state index in [-0.39, 0.29) is 18.6 Å². The SMILES string of the molecule is COC(=O)[C@@H](O)[C@H]1C(C)(C)C(=O)[C@@H]2C[C@]3(O)[C@@H]4CC(=O)O[C@@H](c5ccoc5)[C@]4(C)CC[C@@H]3[C@@]1(C)C2=O. The van der Waals surface area contributed by atoms with Gasteiger partial charge >= 0.3 is 11.9 Å². The van der Waals surface area contributed by atoms with Crippen LogP contribution in [-0.2, 0) is 28.7 Å². The van der Waals surface area contributed by atoms with Crippen LogP contribution < -0.4 is 0 Å². The van der Waals surface area contributed by atoms with E-state index in [0.29, 0.717) is 18.4 Å². The fourth-order valence-electron chi connectivity index (χ4n) is 8.75. The minimum absolute atomic E-state index is 0.0589. The number of methoxy groups -OCH3 is 1. The molecule has 1 aromatic rings. The summed E-state index contributed by atoms with van der Waals surface area (Å²) in [5.74, 6) is -5.66. The fraction of sp³-hybridized carbons (Fsp3) is 0.704. The molecule has 9 heteroatoms. The highest BCUT2D eigenvalue weighted by Gasteiger charge is 2.76. The molecule has 4 fully saturated rings. The number of carbonyl (C=O) groups is 4. The third-order valence-corrected chi connectivity index (χ3v) is 10.3. The number of cyclic esters (lactones) is 1. The molecular formula is C27H34O9. The number of aliphatic hydroxyl groups is 2. The third kappa shape index (κ3) is 2.96. The van der Waals surface area contributed by atoms with Gasteiger partial charge in [-0.2, -0.15) is 0 Å². The Hall–Kier alpha value is -2.52. The Morgan fingerprint density at radius 3 is 2.44 bits per heavy atom. The van der Waals surface area contributed by atoms with Crippen molar-refractivity contribution < 1.29 is 43.3 Å². The lowest BCUT2D eigenvalue weighted by atomic mass is 9.36. The van der Waals surface area contributed by atoms with Crippen molar-refractivity contribution in [2.24, 2.45) is 39.9 Å². The molecule has 2 bridgehead atoms. The molecule has 9 nitrogen and oxygen atoms in total. The maximum absolute atomic E-state index is 13.9. The molecule has 3 aliphatic carbocycles. The molecule has 0 radical (unpaired) electrons. The first-order valence-corrected chi connectivity index (χ1v) is 12.5. The van der Waals surface area contributed by atoms with Crippen molar-refractivity contribution in [3.05, 3.63) is 24.2 Å². The first-order valence-electron chi connectivity index (χ1n) is 12.5. The summed E-state index contributed by atoms with van der Waals surface area (Å²) < 4.78 is 15.8. The van der Waals surface area contributed by atoms with Crippen LogP contribution in [0.2, 0.25) is 0 Å². The first kappa shape index (κ1) is 25.1. The molecule has 0 amide bonds. The molecule has 4 aliphatic rings. The van der Waals surface area contributed by atoms with E-state index in [1.54, 1.807) is 26.8 Å². The van der Waals surface area contributed by atoms with Crippen LogP contribution in [0, 0.1) is 39.9 Å². The van der Waals surface area contributed by atoms with Crippen LogP contribution in [0.1, 0.15) is 65.0 Å². The lowest BCUT2D eigenvalue weighted by Crippen LogP contribution is -2.75. The number of Topliss-reactive ketones (excluding diaryl/α,β-unsaturated/α-hetero) is 2. The zero-order valence-electron chi connectivity index (χ0n) is 21.3. The van der Waals surface area contributed by atoms with Crippen molar-refractivity contribution in [1.29, 1.82) is 0 Å². The Morgan fingerprint density at radius 2 is 1.83 bits per heavy atom. The maximum atomic E-state index is 13.9. The number of fused-ring (bicyclic) bond motifs is 6. The van der Waals surface area contributed by atoms with Gasteiger partial charge in [-0.3, -0.25) is 14.4 Å². The molecule has 5 rings (SSSR count). The molecule has 1 saturated heterocycles. The summed E-state index contributed by atoms with van der Waals surface area (Å²) in [4.78, 5) is 53.0. The van der Waals surface area contributed by atoms with Crippen molar-refractivity contribution in [3.63, 3.8) is 0 Å². The number of hydrogen-bond acceptors (Lipinski definition) is 9. The molecule has 0 spiro atoms. The summed E-state index contributed by atoms with van der Waals surface area (Å²) in [6, 6.07) is 1.73. The number of esters is 2. The minimum Gasteiger partial charge on any atom is -0.472 e. The van der Waals surface area contributed by atoms with Gasteiger partial charge in [0.05, 0.1) is 37.6 Å². The van der Waals surface area contributed by atoms with Gasteiger partial charge in [0.2, 0.25) is 0 Å². The standard InChI is InChI=1S/C27H34O9/c1-24(2)19(18(29)23(32)34-5)26(4)15-6-8-25(3)16(27(15,33)11-14(20(24)30)21(26)31)10-17(28)36-22(25)13-7-9-35-12-13/h7,9,12,14-16,18-19,22,29,33H,6,8,10-11H2,1-5H3/t14-,15+,16+,18-,19-,22-,25+,26+,27+/m0/s1. The number of rotatable bonds is 3. The quantitative estimate of drug-likeness (QED) is 0.471. The van der Waals surface area contributed by atoms with Gasteiger partial charge in [-0.25, -0.2) is 4.79 Å². The average Bonchev–Trinajstić information content (AvgIpc) is 3.35. The highest BCUT2D eigenvalue weighted by atomic mass is 16.5. The summed E-state index contributed by atoms with van der Waals surface area (Å²) in [6.07, 6.45) is 1.40. The monoisotopic (exact) mass is 502 g/mol. The molecule has 1 aliphatic heterocycles. The predicted molar refractivity (Wildman–Crippen MR) is 123 cm³/mol. The summed E-state index contributed by atoms with van der Waals surface area (Å²) in [5, 5.41) is 23.6. The molecular weight excluding hydrogens is 468 g/mol. The number of ketones is 2. The maximum Gasteiger partial charge on any atom is 0.335 e. The number of aliphatic hydroxyl groups excluding tert-OH is 1. The first-order chi connectivity index (χ1) is 16.7. The highest BCUT2D eigenvalue weighted by Crippen LogP contribution is 2.70. The van der Waals surface area contributed by atoms with Crippen LogP contribution >= 0.6 is 0 Å². The predicted octanol–water partition coefficient (Wildman–Crippen LogP) is 2.39. The van der Waals surface area contributed by atoms with E-state index < -0.39 is 75.4 Å². The van der Waals surface area contributed by atoms with Crippen LogP contribution in [-0.4, -0.2) is 52.5 Å². The summed E-state index contributed by atoms with van der Waals surface area (Å²) in [6.45, 7) is 6.93. The molecule has 2 heterocycles.